The van der Waals surface area contributed by atoms with Gasteiger partial charge >= 0.3 is 5.63 Å². The molecule has 5 heteroatoms. The number of benzene rings is 1. The lowest BCUT2D eigenvalue weighted by molar-refractivity contribution is 0.0888. The van der Waals surface area contributed by atoms with Crippen LogP contribution in [0.4, 0.5) is 0 Å². The zero-order chi connectivity index (χ0) is 18.8. The summed E-state index contributed by atoms with van der Waals surface area (Å²) in [6.45, 7) is 12.6. The summed E-state index contributed by atoms with van der Waals surface area (Å²) >= 11 is 0. The summed E-state index contributed by atoms with van der Waals surface area (Å²) in [7, 11) is 0. The van der Waals surface area contributed by atoms with Crippen molar-refractivity contribution in [1.29, 1.82) is 0 Å². The van der Waals surface area contributed by atoms with Gasteiger partial charge in [-0.3, -0.25) is 4.79 Å². The lowest BCUT2D eigenvalue weighted by Gasteiger charge is -2.33. The first-order chi connectivity index (χ1) is 11.5. The molecule has 0 aliphatic rings. The predicted octanol–water partition coefficient (Wildman–Crippen LogP) is 4.14. The Hall–Kier alpha value is -2.30. The van der Waals surface area contributed by atoms with Gasteiger partial charge in [-0.2, -0.15) is 0 Å². The monoisotopic (exact) mass is 345 g/mol. The van der Waals surface area contributed by atoms with E-state index in [0.29, 0.717) is 23.3 Å². The van der Waals surface area contributed by atoms with Crippen LogP contribution in [0, 0.1) is 5.41 Å². The van der Waals surface area contributed by atoms with Crippen LogP contribution in [-0.2, 0) is 0 Å². The van der Waals surface area contributed by atoms with Gasteiger partial charge in [-0.15, -0.1) is 0 Å². The second kappa shape index (κ2) is 6.90. The summed E-state index contributed by atoms with van der Waals surface area (Å²) in [5.41, 5.74) is -0.687. The highest BCUT2D eigenvalue weighted by Gasteiger charge is 2.28. The van der Waals surface area contributed by atoms with Crippen molar-refractivity contribution in [2.45, 2.75) is 53.5 Å². The van der Waals surface area contributed by atoms with Crippen LogP contribution in [0.5, 0.6) is 5.75 Å². The molecule has 1 N–H and O–H groups in total. The van der Waals surface area contributed by atoms with Crippen LogP contribution in [0.3, 0.4) is 0 Å². The van der Waals surface area contributed by atoms with Crippen LogP contribution >= 0.6 is 0 Å². The molecule has 1 amide bonds. The van der Waals surface area contributed by atoms with Crippen LogP contribution in [-0.4, -0.2) is 18.1 Å². The van der Waals surface area contributed by atoms with Crippen molar-refractivity contribution in [3.63, 3.8) is 0 Å². The maximum Gasteiger partial charge on any atom is 0.349 e. The fourth-order valence-corrected chi connectivity index (χ4v) is 3.29. The highest BCUT2D eigenvalue weighted by Crippen LogP contribution is 2.28. The molecule has 1 aromatic heterocycles. The standard InChI is InChI=1S/C20H27NO4/c1-7-24-15-10-8-9-13-11-14(18(23)25-16(13)15)17(22)21-20(5,6)12-19(2,3)4/h8-11H,7,12H2,1-6H3,(H,21,22). The number of amides is 1. The van der Waals surface area contributed by atoms with Gasteiger partial charge in [0.25, 0.3) is 5.91 Å². The quantitative estimate of drug-likeness (QED) is 0.827. The van der Waals surface area contributed by atoms with E-state index >= 15 is 0 Å². The van der Waals surface area contributed by atoms with Crippen molar-refractivity contribution in [3.8, 4) is 5.75 Å². The van der Waals surface area contributed by atoms with E-state index in [-0.39, 0.29) is 11.0 Å². The van der Waals surface area contributed by atoms with Gasteiger partial charge < -0.3 is 14.5 Å². The number of rotatable bonds is 5. The first-order valence-electron chi connectivity index (χ1n) is 8.54. The van der Waals surface area contributed by atoms with Gasteiger partial charge in [-0.05, 0) is 44.7 Å². The number of hydrogen-bond acceptors (Lipinski definition) is 4. The average molecular weight is 345 g/mol. The lowest BCUT2D eigenvalue weighted by atomic mass is 9.81. The second-order valence-electron chi connectivity index (χ2n) is 8.13. The van der Waals surface area contributed by atoms with Gasteiger partial charge in [0.15, 0.2) is 11.3 Å². The summed E-state index contributed by atoms with van der Waals surface area (Å²) in [5.74, 6) is 0.0730. The van der Waals surface area contributed by atoms with Crippen LogP contribution in [0.15, 0.2) is 33.5 Å². The largest absolute Gasteiger partial charge is 0.490 e. The molecule has 2 aromatic rings. The van der Waals surface area contributed by atoms with Crippen molar-refractivity contribution < 1.29 is 13.9 Å². The number of carbonyl (C=O) groups excluding carboxylic acids is 1. The van der Waals surface area contributed by atoms with Crippen molar-refractivity contribution in [3.05, 3.63) is 40.2 Å². The molecular weight excluding hydrogens is 318 g/mol. The van der Waals surface area contributed by atoms with Gasteiger partial charge in [0.1, 0.15) is 5.56 Å². The predicted molar refractivity (Wildman–Crippen MR) is 99.3 cm³/mol. The Labute approximate surface area is 148 Å². The molecule has 25 heavy (non-hydrogen) atoms. The fraction of sp³-hybridized carbons (Fsp3) is 0.500. The summed E-state index contributed by atoms with van der Waals surface area (Å²) in [5, 5.41) is 3.60. The van der Waals surface area contributed by atoms with E-state index in [1.54, 1.807) is 24.3 Å². The zero-order valence-corrected chi connectivity index (χ0v) is 15.9. The minimum Gasteiger partial charge on any atom is -0.490 e. The molecule has 0 saturated carbocycles. The van der Waals surface area contributed by atoms with Crippen molar-refractivity contribution in [2.24, 2.45) is 5.41 Å². The number of carbonyl (C=O) groups is 1. The molecule has 2 rings (SSSR count). The summed E-state index contributed by atoms with van der Waals surface area (Å²) < 4.78 is 10.8. The number of ether oxygens (including phenoxy) is 1. The third kappa shape index (κ3) is 4.84. The van der Waals surface area contributed by atoms with Gasteiger partial charge in [0, 0.05) is 10.9 Å². The molecule has 0 aliphatic carbocycles. The number of para-hydroxylation sites is 1. The maximum atomic E-state index is 12.6. The van der Waals surface area contributed by atoms with Gasteiger partial charge in [0.2, 0.25) is 0 Å². The first kappa shape index (κ1) is 19.0. The number of nitrogens with one attached hydrogen (secondary N) is 1. The molecule has 0 unspecified atom stereocenters. The van der Waals surface area contributed by atoms with Crippen molar-refractivity contribution in [2.75, 3.05) is 6.61 Å². The molecule has 0 spiro atoms. The lowest BCUT2D eigenvalue weighted by Crippen LogP contribution is -2.46. The van der Waals surface area contributed by atoms with Crippen LogP contribution in [0.1, 0.15) is 58.3 Å². The minimum atomic E-state index is -0.663. The molecule has 136 valence electrons. The molecular formula is C20H27NO4. The Bertz CT molecular complexity index is 828. The van der Waals surface area contributed by atoms with Crippen LogP contribution < -0.4 is 15.7 Å². The van der Waals surface area contributed by atoms with E-state index in [9.17, 15) is 9.59 Å². The summed E-state index contributed by atoms with van der Waals surface area (Å²) in [6, 6.07) is 6.89. The highest BCUT2D eigenvalue weighted by molar-refractivity contribution is 5.97. The Kier molecular flexibility index (Phi) is 5.26. The Balaban J connectivity index is 2.36. The zero-order valence-electron chi connectivity index (χ0n) is 15.9. The van der Waals surface area contributed by atoms with Gasteiger partial charge in [-0.1, -0.05) is 32.9 Å². The average Bonchev–Trinajstić information content (AvgIpc) is 2.44. The van der Waals surface area contributed by atoms with E-state index in [4.69, 9.17) is 9.15 Å². The highest BCUT2D eigenvalue weighted by atomic mass is 16.5. The number of fused-ring (bicyclic) bond motifs is 1. The molecule has 0 bridgehead atoms. The number of hydrogen-bond donors (Lipinski definition) is 1. The van der Waals surface area contributed by atoms with Gasteiger partial charge in [0.05, 0.1) is 6.61 Å². The Morgan fingerprint density at radius 1 is 1.20 bits per heavy atom. The molecule has 0 radical (unpaired) electrons. The molecule has 0 fully saturated rings. The van der Waals surface area contributed by atoms with Crippen molar-refractivity contribution in [1.82, 2.24) is 5.32 Å². The van der Waals surface area contributed by atoms with Crippen LogP contribution in [0.2, 0.25) is 0 Å². The third-order valence-electron chi connectivity index (χ3n) is 3.69. The maximum absolute atomic E-state index is 12.6. The van der Waals surface area contributed by atoms with E-state index in [1.165, 1.54) is 0 Å². The minimum absolute atomic E-state index is 0.00290. The summed E-state index contributed by atoms with van der Waals surface area (Å²) in [6.07, 6.45) is 0.777. The van der Waals surface area contributed by atoms with E-state index in [2.05, 4.69) is 26.1 Å². The second-order valence-corrected chi connectivity index (χ2v) is 8.13. The summed E-state index contributed by atoms with van der Waals surface area (Å²) in [4.78, 5) is 24.9. The van der Waals surface area contributed by atoms with Gasteiger partial charge in [-0.25, -0.2) is 4.79 Å². The molecule has 0 saturated heterocycles. The van der Waals surface area contributed by atoms with E-state index < -0.39 is 17.1 Å². The van der Waals surface area contributed by atoms with E-state index in [0.717, 1.165) is 6.42 Å². The third-order valence-corrected chi connectivity index (χ3v) is 3.69. The topological polar surface area (TPSA) is 68.5 Å². The Morgan fingerprint density at radius 3 is 2.48 bits per heavy atom. The van der Waals surface area contributed by atoms with Crippen molar-refractivity contribution >= 4 is 16.9 Å². The molecule has 0 aliphatic heterocycles. The molecule has 1 aromatic carbocycles. The first-order valence-corrected chi connectivity index (χ1v) is 8.54. The normalized spacial score (nSPS) is 12.2. The molecule has 1 heterocycles. The fourth-order valence-electron chi connectivity index (χ4n) is 3.29. The smallest absolute Gasteiger partial charge is 0.349 e. The molecule has 5 nitrogen and oxygen atoms in total. The Morgan fingerprint density at radius 2 is 1.88 bits per heavy atom. The SMILES string of the molecule is CCOc1cccc2cc(C(=O)NC(C)(C)CC(C)(C)C)c(=O)oc12. The van der Waals surface area contributed by atoms with E-state index in [1.807, 2.05) is 20.8 Å². The molecule has 0 atom stereocenters. The van der Waals surface area contributed by atoms with Crippen LogP contribution in [0.25, 0.3) is 11.0 Å².